The Hall–Kier alpha value is -4.88. The first-order valence-electron chi connectivity index (χ1n) is 25.5. The van der Waals surface area contributed by atoms with Gasteiger partial charge in [0.15, 0.2) is 24.6 Å². The summed E-state index contributed by atoms with van der Waals surface area (Å²) in [5.41, 5.74) is 0. The number of carbonyl (C=O) groups excluding carboxylic acids is 3. The van der Waals surface area contributed by atoms with Gasteiger partial charge in [-0.15, -0.1) is 0 Å². The number of hydrogen-bond acceptors (Lipinski definition) is 11. The second-order valence-corrected chi connectivity index (χ2v) is 16.7. The highest BCUT2D eigenvalue weighted by Gasteiger charge is 2.50. The topological polar surface area (TPSA) is 175 Å². The van der Waals surface area contributed by atoms with Gasteiger partial charge in [-0.2, -0.15) is 0 Å². The number of carboxylic acid groups (broad SMARTS) is 1. The Bertz CT molecular complexity index is 1660. The molecule has 3 N–H and O–H groups in total. The molecule has 1 fully saturated rings. The van der Waals surface area contributed by atoms with E-state index in [9.17, 15) is 34.5 Å². The second-order valence-electron chi connectivity index (χ2n) is 16.7. The van der Waals surface area contributed by atoms with Crippen LogP contribution < -0.4 is 0 Å². The minimum atomic E-state index is -1.95. The Labute approximate surface area is 414 Å². The number of aliphatic hydroxyl groups excluding tert-OH is 2. The molecule has 0 aliphatic carbocycles. The molecule has 1 rings (SSSR count). The molecule has 1 aliphatic heterocycles. The number of esters is 3. The van der Waals surface area contributed by atoms with Crippen LogP contribution in [0.5, 0.6) is 0 Å². The zero-order valence-corrected chi connectivity index (χ0v) is 42.0. The molecule has 0 spiro atoms. The van der Waals surface area contributed by atoms with Crippen LogP contribution in [0.2, 0.25) is 0 Å². The van der Waals surface area contributed by atoms with Crippen LogP contribution in [0, 0.1) is 0 Å². The van der Waals surface area contributed by atoms with Crippen LogP contribution in [0.1, 0.15) is 162 Å². The second kappa shape index (κ2) is 44.3. The summed E-state index contributed by atoms with van der Waals surface area (Å²) in [6.07, 6.45) is 48.1. The van der Waals surface area contributed by atoms with E-state index in [1.807, 2.05) is 24.3 Å². The highest BCUT2D eigenvalue weighted by molar-refractivity contribution is 5.74. The van der Waals surface area contributed by atoms with E-state index in [1.165, 1.54) is 12.8 Å². The van der Waals surface area contributed by atoms with Crippen molar-refractivity contribution in [2.24, 2.45) is 0 Å². The van der Waals surface area contributed by atoms with E-state index in [1.54, 1.807) is 12.2 Å². The van der Waals surface area contributed by atoms with Gasteiger partial charge < -0.3 is 39.0 Å². The van der Waals surface area contributed by atoms with Crippen LogP contribution in [0.4, 0.5) is 0 Å². The van der Waals surface area contributed by atoms with Gasteiger partial charge in [0, 0.05) is 12.8 Å². The molecule has 0 aromatic heterocycles. The van der Waals surface area contributed by atoms with E-state index < -0.39 is 67.3 Å². The summed E-state index contributed by atoms with van der Waals surface area (Å²) in [7, 11) is 0. The SMILES string of the molecule is CC/C=C\C/C=C\C/C=C\C/C=C\C/C=C\CC(=O)OC1C(OCC(COC(=O)CC/C=C\C/C=C\C/C=C\C/C=C\CC)OC(=O)CCCCCCC/C=C\CCCC)OC(C(=O)O)C(O)C1O. The Morgan fingerprint density at radius 3 is 1.52 bits per heavy atom. The van der Waals surface area contributed by atoms with E-state index in [-0.39, 0.29) is 25.9 Å². The third-order valence-electron chi connectivity index (χ3n) is 10.6. The molecule has 0 aromatic carbocycles. The molecule has 1 saturated heterocycles. The molecular formula is C57H86O12. The smallest absolute Gasteiger partial charge is 0.335 e. The molecule has 0 radical (unpaired) electrons. The molecule has 69 heavy (non-hydrogen) atoms. The number of rotatable bonds is 40. The summed E-state index contributed by atoms with van der Waals surface area (Å²) >= 11 is 0. The molecule has 0 bridgehead atoms. The molecule has 0 saturated carbocycles. The first-order chi connectivity index (χ1) is 33.6. The van der Waals surface area contributed by atoms with Crippen LogP contribution in [0.3, 0.4) is 0 Å². The van der Waals surface area contributed by atoms with Crippen molar-refractivity contribution < 1.29 is 58.2 Å². The number of allylic oxidation sites excluding steroid dienone is 19. The van der Waals surface area contributed by atoms with Gasteiger partial charge in [-0.05, 0) is 89.9 Å². The van der Waals surface area contributed by atoms with Gasteiger partial charge in [-0.3, -0.25) is 14.4 Å². The third kappa shape index (κ3) is 35.0. The Balaban J connectivity index is 2.85. The van der Waals surface area contributed by atoms with Crippen molar-refractivity contribution >= 4 is 23.9 Å². The van der Waals surface area contributed by atoms with Crippen LogP contribution >= 0.6 is 0 Å². The number of ether oxygens (including phenoxy) is 5. The lowest BCUT2D eigenvalue weighted by Crippen LogP contribution is -2.61. The normalized spacial score (nSPS) is 19.7. The van der Waals surface area contributed by atoms with Crippen molar-refractivity contribution in [1.29, 1.82) is 0 Å². The number of carboxylic acids is 1. The standard InChI is InChI=1S/C57H86O12/c1-4-7-10-13-16-19-22-24-25-27-30-33-36-39-42-45-51(60)68-55-53(62)52(61)54(56(63)64)69-57(55)66-47-48(67-50(59)44-41-38-35-32-28-21-18-15-12-9-6-3)46-65-49(58)43-40-37-34-31-29-26-23-20-17-14-11-8-5-2/h7-8,10-11,15-20,24-26,29-30,33-34,37,39,42,48,52-55,57,61-62H,4-6,9,12-14,21-23,27-28,31-32,35-36,38,40-41,43-47H2,1-3H3,(H,63,64)/b10-7-,11-8-,18-15-,19-16-,20-17-,25-24-,29-26-,33-30-,37-34-,42-39-. The Morgan fingerprint density at radius 2 is 0.986 bits per heavy atom. The molecule has 1 aliphatic rings. The minimum absolute atomic E-state index is 0.0797. The summed E-state index contributed by atoms with van der Waals surface area (Å²) in [6.45, 7) is 5.55. The lowest BCUT2D eigenvalue weighted by Gasteiger charge is -2.40. The molecule has 12 heteroatoms. The molecule has 1 heterocycles. The van der Waals surface area contributed by atoms with Crippen molar-refractivity contribution in [2.45, 2.75) is 199 Å². The average molecular weight is 963 g/mol. The maximum absolute atomic E-state index is 13.0. The van der Waals surface area contributed by atoms with Crippen molar-refractivity contribution in [3.05, 3.63) is 122 Å². The highest BCUT2D eigenvalue weighted by Crippen LogP contribution is 2.26. The van der Waals surface area contributed by atoms with E-state index in [4.69, 9.17) is 23.7 Å². The summed E-state index contributed by atoms with van der Waals surface area (Å²) in [5, 5.41) is 31.3. The average Bonchev–Trinajstić information content (AvgIpc) is 3.33. The quantitative estimate of drug-likeness (QED) is 0.0230. The van der Waals surface area contributed by atoms with E-state index >= 15 is 0 Å². The van der Waals surface area contributed by atoms with Gasteiger partial charge in [-0.1, -0.05) is 174 Å². The number of aliphatic hydroxyl groups is 2. The maximum Gasteiger partial charge on any atom is 0.335 e. The van der Waals surface area contributed by atoms with Crippen molar-refractivity contribution in [1.82, 2.24) is 0 Å². The van der Waals surface area contributed by atoms with E-state index in [0.717, 1.165) is 89.9 Å². The van der Waals surface area contributed by atoms with Gasteiger partial charge in [0.2, 0.25) is 0 Å². The molecule has 386 valence electrons. The maximum atomic E-state index is 13.0. The van der Waals surface area contributed by atoms with Gasteiger partial charge >= 0.3 is 23.9 Å². The molecule has 0 amide bonds. The monoisotopic (exact) mass is 963 g/mol. The zero-order valence-electron chi connectivity index (χ0n) is 42.0. The van der Waals surface area contributed by atoms with Gasteiger partial charge in [0.1, 0.15) is 18.8 Å². The lowest BCUT2D eigenvalue weighted by atomic mass is 9.98. The summed E-state index contributed by atoms with van der Waals surface area (Å²) in [4.78, 5) is 50.7. The van der Waals surface area contributed by atoms with Crippen molar-refractivity contribution in [3.63, 3.8) is 0 Å². The summed E-state index contributed by atoms with van der Waals surface area (Å²) in [6, 6.07) is 0. The molecule has 0 aromatic rings. The zero-order chi connectivity index (χ0) is 50.4. The van der Waals surface area contributed by atoms with Gasteiger partial charge in [-0.25, -0.2) is 4.79 Å². The number of carbonyl (C=O) groups is 4. The predicted octanol–water partition coefficient (Wildman–Crippen LogP) is 12.1. The van der Waals surface area contributed by atoms with Crippen LogP contribution in [-0.2, 0) is 42.9 Å². The Morgan fingerprint density at radius 1 is 0.507 bits per heavy atom. The fraction of sp³-hybridized carbons (Fsp3) is 0.579. The number of unbranched alkanes of at least 4 members (excludes halogenated alkanes) is 7. The fourth-order valence-electron chi connectivity index (χ4n) is 6.67. The highest BCUT2D eigenvalue weighted by atomic mass is 16.7. The van der Waals surface area contributed by atoms with Crippen LogP contribution in [0.15, 0.2) is 122 Å². The Kier molecular flexibility index (Phi) is 39.9. The van der Waals surface area contributed by atoms with Gasteiger partial charge in [0.05, 0.1) is 13.0 Å². The van der Waals surface area contributed by atoms with E-state index in [2.05, 4.69) is 106 Å². The largest absolute Gasteiger partial charge is 0.479 e. The van der Waals surface area contributed by atoms with Crippen molar-refractivity contribution in [3.8, 4) is 0 Å². The first kappa shape index (κ1) is 62.1. The lowest BCUT2D eigenvalue weighted by molar-refractivity contribution is -0.301. The fourth-order valence-corrected chi connectivity index (χ4v) is 6.67. The summed E-state index contributed by atoms with van der Waals surface area (Å²) < 4.78 is 28.0. The molecule has 6 atom stereocenters. The molecular weight excluding hydrogens is 877 g/mol. The predicted molar refractivity (Wildman–Crippen MR) is 275 cm³/mol. The summed E-state index contributed by atoms with van der Waals surface area (Å²) in [5.74, 6) is -3.43. The van der Waals surface area contributed by atoms with E-state index in [0.29, 0.717) is 19.3 Å². The number of aliphatic carboxylic acids is 1. The van der Waals surface area contributed by atoms with Crippen LogP contribution in [0.25, 0.3) is 0 Å². The minimum Gasteiger partial charge on any atom is -0.479 e. The third-order valence-corrected chi connectivity index (χ3v) is 10.6. The first-order valence-corrected chi connectivity index (χ1v) is 25.5. The molecule has 6 unspecified atom stereocenters. The van der Waals surface area contributed by atoms with Crippen molar-refractivity contribution in [2.75, 3.05) is 13.2 Å². The van der Waals surface area contributed by atoms with Crippen LogP contribution in [-0.4, -0.2) is 89.2 Å². The van der Waals surface area contributed by atoms with Gasteiger partial charge in [0.25, 0.3) is 0 Å². The molecule has 12 nitrogen and oxygen atoms in total. The number of hydrogen-bond donors (Lipinski definition) is 3.